The van der Waals surface area contributed by atoms with Crippen LogP contribution in [0, 0.1) is 0 Å². The molecule has 0 radical (unpaired) electrons. The van der Waals surface area contributed by atoms with Crippen LogP contribution in [0.3, 0.4) is 0 Å². The van der Waals surface area contributed by atoms with Crippen LogP contribution in [0.1, 0.15) is 30.2 Å². The van der Waals surface area contributed by atoms with E-state index in [9.17, 15) is 0 Å². The van der Waals surface area contributed by atoms with Crippen molar-refractivity contribution in [2.75, 3.05) is 0 Å². The zero-order valence-electron chi connectivity index (χ0n) is 10.8. The van der Waals surface area contributed by atoms with Gasteiger partial charge in [0.1, 0.15) is 16.3 Å². The molecule has 0 amide bonds. The fraction of sp³-hybridized carbons (Fsp3) is 0.308. The third-order valence-corrected chi connectivity index (χ3v) is 4.67. The van der Waals surface area contributed by atoms with Crippen LogP contribution in [0.4, 0.5) is 0 Å². The highest BCUT2D eigenvalue weighted by Gasteiger charge is 2.21. The minimum absolute atomic E-state index is 0.127. The second-order valence-corrected chi connectivity index (χ2v) is 6.43. The highest BCUT2D eigenvalue weighted by molar-refractivity contribution is 9.10. The van der Waals surface area contributed by atoms with E-state index >= 15 is 0 Å². The topological polar surface area (TPSA) is 43.6 Å². The molecule has 3 rings (SSSR count). The molecule has 0 aliphatic rings. The van der Waals surface area contributed by atoms with Gasteiger partial charge in [0.05, 0.1) is 11.9 Å². The first-order valence-electron chi connectivity index (χ1n) is 6.22. The molecular weight excluding hydrogens is 360 g/mol. The first kappa shape index (κ1) is 14.0. The number of hydrogen-bond acceptors (Lipinski definition) is 4. The quantitative estimate of drug-likeness (QED) is 0.639. The maximum Gasteiger partial charge on any atom is 0.160 e. The Labute approximate surface area is 134 Å². The summed E-state index contributed by atoms with van der Waals surface area (Å²) in [6.07, 6.45) is 4.53. The first-order chi connectivity index (χ1) is 9.74. The molecule has 0 aliphatic carbocycles. The maximum atomic E-state index is 6.07. The van der Waals surface area contributed by atoms with Crippen LogP contribution in [-0.2, 0) is 5.88 Å². The summed E-state index contributed by atoms with van der Waals surface area (Å²) >= 11 is 11.1. The van der Waals surface area contributed by atoms with E-state index in [1.54, 1.807) is 17.5 Å². The molecule has 7 heteroatoms. The minimum Gasteiger partial charge on any atom is -0.302 e. The lowest BCUT2D eigenvalue weighted by atomic mass is 10.2. The van der Waals surface area contributed by atoms with Crippen LogP contribution < -0.4 is 0 Å². The molecule has 0 aromatic carbocycles. The van der Waals surface area contributed by atoms with E-state index in [1.807, 2.05) is 17.6 Å². The lowest BCUT2D eigenvalue weighted by molar-refractivity contribution is 0.558. The van der Waals surface area contributed by atoms with Gasteiger partial charge in [-0.3, -0.25) is 0 Å². The molecule has 0 saturated carbocycles. The molecule has 0 N–H and O–H groups in total. The number of alkyl halides is 1. The summed E-state index contributed by atoms with van der Waals surface area (Å²) in [5, 5.41) is 3.05. The van der Waals surface area contributed by atoms with E-state index in [0.717, 1.165) is 32.9 Å². The number of thiazole rings is 1. The summed E-state index contributed by atoms with van der Waals surface area (Å²) in [4.78, 5) is 13.5. The van der Waals surface area contributed by atoms with E-state index < -0.39 is 0 Å². The molecule has 3 aromatic heterocycles. The molecule has 0 bridgehead atoms. The van der Waals surface area contributed by atoms with E-state index in [0.29, 0.717) is 5.88 Å². The largest absolute Gasteiger partial charge is 0.302 e. The fourth-order valence-electron chi connectivity index (χ4n) is 2.29. The van der Waals surface area contributed by atoms with Crippen molar-refractivity contribution in [1.82, 2.24) is 19.5 Å². The number of pyridine rings is 1. The number of imidazole rings is 1. The highest BCUT2D eigenvalue weighted by atomic mass is 79.9. The number of aromatic nitrogens is 4. The lowest BCUT2D eigenvalue weighted by Crippen LogP contribution is -2.12. The Morgan fingerprint density at radius 1 is 1.45 bits per heavy atom. The van der Waals surface area contributed by atoms with Gasteiger partial charge < -0.3 is 4.57 Å². The van der Waals surface area contributed by atoms with Gasteiger partial charge in [0, 0.05) is 22.2 Å². The highest BCUT2D eigenvalue weighted by Crippen LogP contribution is 2.30. The van der Waals surface area contributed by atoms with Gasteiger partial charge in [-0.1, -0.05) is 6.92 Å². The molecule has 3 heterocycles. The van der Waals surface area contributed by atoms with Crippen molar-refractivity contribution in [3.05, 3.63) is 39.1 Å². The minimum atomic E-state index is 0.127. The zero-order valence-corrected chi connectivity index (χ0v) is 13.9. The fourth-order valence-corrected chi connectivity index (χ4v) is 3.61. The van der Waals surface area contributed by atoms with Crippen molar-refractivity contribution in [1.29, 1.82) is 0 Å². The Balaban J connectivity index is 2.22. The molecule has 0 aliphatic heterocycles. The van der Waals surface area contributed by atoms with E-state index in [4.69, 9.17) is 11.6 Å². The Morgan fingerprint density at radius 3 is 2.95 bits per heavy atom. The maximum absolute atomic E-state index is 6.07. The summed E-state index contributed by atoms with van der Waals surface area (Å²) in [6, 6.07) is 2.09. The predicted octanol–water partition coefficient (Wildman–Crippen LogP) is 4.39. The Kier molecular flexibility index (Phi) is 4.05. The van der Waals surface area contributed by atoms with Crippen LogP contribution in [-0.4, -0.2) is 19.5 Å². The molecule has 4 nitrogen and oxygen atoms in total. The molecule has 104 valence electrons. The molecule has 3 aromatic rings. The van der Waals surface area contributed by atoms with Gasteiger partial charge in [-0.2, -0.15) is 0 Å². The number of halogens is 2. The number of nitrogens with zero attached hydrogens (tertiary/aromatic N) is 4. The molecule has 1 atom stereocenters. The molecule has 0 fully saturated rings. The predicted molar refractivity (Wildman–Crippen MR) is 85.3 cm³/mol. The lowest BCUT2D eigenvalue weighted by Gasteiger charge is -2.17. The van der Waals surface area contributed by atoms with E-state index in [1.165, 1.54) is 0 Å². The Bertz CT molecular complexity index is 725. The third kappa shape index (κ3) is 2.36. The first-order valence-corrected chi connectivity index (χ1v) is 8.43. The van der Waals surface area contributed by atoms with Crippen molar-refractivity contribution in [3.8, 4) is 0 Å². The van der Waals surface area contributed by atoms with Gasteiger partial charge in [0.2, 0.25) is 0 Å². The molecule has 0 spiro atoms. The average Bonchev–Trinajstić information content (AvgIpc) is 3.08. The van der Waals surface area contributed by atoms with Gasteiger partial charge in [-0.25, -0.2) is 15.0 Å². The van der Waals surface area contributed by atoms with Crippen LogP contribution in [0.15, 0.2) is 28.3 Å². The summed E-state index contributed by atoms with van der Waals surface area (Å²) in [5.74, 6) is 1.19. The second kappa shape index (κ2) is 5.79. The van der Waals surface area contributed by atoms with Gasteiger partial charge in [0.15, 0.2) is 5.65 Å². The van der Waals surface area contributed by atoms with Gasteiger partial charge in [-0.15, -0.1) is 22.9 Å². The Hall–Kier alpha value is -0.980. The molecule has 0 saturated heterocycles. The number of hydrogen-bond donors (Lipinski definition) is 0. The number of rotatable bonds is 4. The van der Waals surface area contributed by atoms with Gasteiger partial charge >= 0.3 is 0 Å². The average molecular weight is 372 g/mol. The normalized spacial score (nSPS) is 12.9. The van der Waals surface area contributed by atoms with Gasteiger partial charge in [-0.05, 0) is 28.4 Å². The van der Waals surface area contributed by atoms with Crippen molar-refractivity contribution < 1.29 is 0 Å². The molecular formula is C13H12BrClN4S. The standard InChI is InChI=1S/C13H12BrClN4S/c1-2-10(13-16-3-4-20-13)19-11(6-15)18-9-5-8(14)7-17-12(9)19/h3-5,7,10H,2,6H2,1H3. The van der Waals surface area contributed by atoms with Crippen molar-refractivity contribution in [2.45, 2.75) is 25.3 Å². The van der Waals surface area contributed by atoms with Crippen LogP contribution in [0.2, 0.25) is 0 Å². The van der Waals surface area contributed by atoms with Crippen LogP contribution in [0.25, 0.3) is 11.2 Å². The summed E-state index contributed by atoms with van der Waals surface area (Å²) in [5.41, 5.74) is 1.70. The number of fused-ring (bicyclic) bond motifs is 1. The van der Waals surface area contributed by atoms with Crippen molar-refractivity contribution >= 4 is 50.0 Å². The Morgan fingerprint density at radius 2 is 2.30 bits per heavy atom. The van der Waals surface area contributed by atoms with Crippen LogP contribution >= 0.6 is 38.9 Å². The van der Waals surface area contributed by atoms with Gasteiger partial charge in [0.25, 0.3) is 0 Å². The molecule has 20 heavy (non-hydrogen) atoms. The van der Waals surface area contributed by atoms with E-state index in [2.05, 4.69) is 42.4 Å². The zero-order chi connectivity index (χ0) is 14.1. The SMILES string of the molecule is CCC(c1nccs1)n1c(CCl)nc2cc(Br)cnc21. The smallest absolute Gasteiger partial charge is 0.160 e. The van der Waals surface area contributed by atoms with Crippen molar-refractivity contribution in [2.24, 2.45) is 0 Å². The summed E-state index contributed by atoms with van der Waals surface area (Å²) in [7, 11) is 0. The van der Waals surface area contributed by atoms with Crippen molar-refractivity contribution in [3.63, 3.8) is 0 Å². The second-order valence-electron chi connectivity index (χ2n) is 4.32. The van der Waals surface area contributed by atoms with Crippen LogP contribution in [0.5, 0.6) is 0 Å². The molecule has 1 unspecified atom stereocenters. The van der Waals surface area contributed by atoms with E-state index in [-0.39, 0.29) is 6.04 Å². The monoisotopic (exact) mass is 370 g/mol. The summed E-state index contributed by atoms with van der Waals surface area (Å²) < 4.78 is 3.02. The summed E-state index contributed by atoms with van der Waals surface area (Å²) in [6.45, 7) is 2.13. The third-order valence-electron chi connectivity index (χ3n) is 3.12.